The van der Waals surface area contributed by atoms with Crippen LogP contribution in [0.1, 0.15) is 5.69 Å². The Morgan fingerprint density at radius 3 is 2.64 bits per heavy atom. The van der Waals surface area contributed by atoms with Crippen LogP contribution in [0.5, 0.6) is 0 Å². The third kappa shape index (κ3) is 3.03. The van der Waals surface area contributed by atoms with Crippen molar-refractivity contribution in [1.29, 1.82) is 0 Å². The Balaban J connectivity index is 1.79. The number of benzene rings is 2. The number of aromatic amines is 1. The minimum atomic E-state index is -0.343. The zero-order chi connectivity index (χ0) is 15.7. The zero-order valence-corrected chi connectivity index (χ0v) is 13.2. The van der Waals surface area contributed by atoms with Gasteiger partial charge in [0.05, 0.1) is 15.7 Å². The second-order valence-corrected chi connectivity index (χ2v) is 5.74. The molecule has 0 aliphatic carbocycles. The minimum absolute atomic E-state index is 0.343. The van der Waals surface area contributed by atoms with Gasteiger partial charge in [-0.1, -0.05) is 29.3 Å². The molecule has 22 heavy (non-hydrogen) atoms. The molecule has 0 bridgehead atoms. The van der Waals surface area contributed by atoms with E-state index in [1.807, 2.05) is 31.2 Å². The maximum absolute atomic E-state index is 12.1. The van der Waals surface area contributed by atoms with Crippen molar-refractivity contribution in [1.82, 2.24) is 4.98 Å². The molecule has 0 saturated heterocycles. The SMILES string of the molecule is Cc1cc2c(NC(=O)Nc3ccc(Cl)c(Cl)c3)cccc2[nH]1. The number of aromatic nitrogens is 1. The van der Waals surface area contributed by atoms with Gasteiger partial charge in [0.25, 0.3) is 0 Å². The van der Waals surface area contributed by atoms with Gasteiger partial charge in [0, 0.05) is 22.3 Å². The molecule has 1 aromatic heterocycles. The number of rotatable bonds is 2. The van der Waals surface area contributed by atoms with E-state index < -0.39 is 0 Å². The van der Waals surface area contributed by atoms with E-state index in [1.165, 1.54) is 0 Å². The lowest BCUT2D eigenvalue weighted by Crippen LogP contribution is -2.19. The average Bonchev–Trinajstić information content (AvgIpc) is 2.84. The summed E-state index contributed by atoms with van der Waals surface area (Å²) in [5.74, 6) is 0. The highest BCUT2D eigenvalue weighted by Crippen LogP contribution is 2.26. The average molecular weight is 334 g/mol. The summed E-state index contributed by atoms with van der Waals surface area (Å²) in [6.07, 6.45) is 0. The number of carbonyl (C=O) groups excluding carboxylic acids is 1. The maximum atomic E-state index is 12.1. The lowest BCUT2D eigenvalue weighted by molar-refractivity contribution is 0.262. The van der Waals surface area contributed by atoms with Crippen LogP contribution in [0.2, 0.25) is 10.0 Å². The molecule has 0 fully saturated rings. The van der Waals surface area contributed by atoms with Crippen LogP contribution in [0.3, 0.4) is 0 Å². The molecule has 112 valence electrons. The van der Waals surface area contributed by atoms with Crippen LogP contribution < -0.4 is 10.6 Å². The molecule has 0 saturated carbocycles. The second-order valence-electron chi connectivity index (χ2n) is 4.93. The molecule has 0 aliphatic rings. The van der Waals surface area contributed by atoms with E-state index in [4.69, 9.17) is 23.2 Å². The number of H-pyrrole nitrogens is 1. The lowest BCUT2D eigenvalue weighted by Gasteiger charge is -2.09. The summed E-state index contributed by atoms with van der Waals surface area (Å²) in [6, 6.07) is 12.3. The number of hydrogen-bond donors (Lipinski definition) is 3. The highest BCUT2D eigenvalue weighted by Gasteiger charge is 2.08. The number of urea groups is 1. The summed E-state index contributed by atoms with van der Waals surface area (Å²) in [6.45, 7) is 1.97. The predicted octanol–water partition coefficient (Wildman–Crippen LogP) is 5.43. The molecule has 3 aromatic rings. The van der Waals surface area contributed by atoms with Gasteiger partial charge in [-0.15, -0.1) is 0 Å². The number of fused-ring (bicyclic) bond motifs is 1. The van der Waals surface area contributed by atoms with Crippen molar-refractivity contribution < 1.29 is 4.79 Å². The van der Waals surface area contributed by atoms with Crippen molar-refractivity contribution in [2.75, 3.05) is 10.6 Å². The number of aryl methyl sites for hydroxylation is 1. The molecule has 3 N–H and O–H groups in total. The van der Waals surface area contributed by atoms with E-state index in [0.29, 0.717) is 15.7 Å². The van der Waals surface area contributed by atoms with Crippen molar-refractivity contribution in [3.63, 3.8) is 0 Å². The third-order valence-corrected chi connectivity index (χ3v) is 3.96. The van der Waals surface area contributed by atoms with Crippen LogP contribution >= 0.6 is 23.2 Å². The fraction of sp³-hybridized carbons (Fsp3) is 0.0625. The summed E-state index contributed by atoms with van der Waals surface area (Å²) in [5, 5.41) is 7.36. The first kappa shape index (κ1) is 14.8. The molecule has 0 radical (unpaired) electrons. The Bertz CT molecular complexity index is 858. The van der Waals surface area contributed by atoms with Crippen LogP contribution in [-0.4, -0.2) is 11.0 Å². The van der Waals surface area contributed by atoms with Gasteiger partial charge >= 0.3 is 6.03 Å². The number of carbonyl (C=O) groups is 1. The number of anilines is 2. The molecule has 2 aromatic carbocycles. The van der Waals surface area contributed by atoms with Gasteiger partial charge in [-0.2, -0.15) is 0 Å². The Labute approximate surface area is 137 Å². The fourth-order valence-electron chi connectivity index (χ4n) is 2.26. The standard InChI is InChI=1S/C16H13Cl2N3O/c1-9-7-11-14(19-9)3-2-4-15(11)21-16(22)20-10-5-6-12(17)13(18)8-10/h2-8,19H,1H3,(H2,20,21,22). The van der Waals surface area contributed by atoms with Gasteiger partial charge < -0.3 is 15.6 Å². The number of halogens is 2. The van der Waals surface area contributed by atoms with Gasteiger partial charge in [0.15, 0.2) is 0 Å². The quantitative estimate of drug-likeness (QED) is 0.575. The zero-order valence-electron chi connectivity index (χ0n) is 11.7. The number of hydrogen-bond acceptors (Lipinski definition) is 1. The largest absolute Gasteiger partial charge is 0.359 e. The summed E-state index contributed by atoms with van der Waals surface area (Å²) in [7, 11) is 0. The lowest BCUT2D eigenvalue weighted by atomic mass is 10.2. The Morgan fingerprint density at radius 1 is 1.05 bits per heavy atom. The minimum Gasteiger partial charge on any atom is -0.359 e. The monoisotopic (exact) mass is 333 g/mol. The second kappa shape index (κ2) is 5.91. The third-order valence-electron chi connectivity index (χ3n) is 3.22. The number of amides is 2. The van der Waals surface area contributed by atoms with Crippen LogP contribution in [-0.2, 0) is 0 Å². The number of nitrogens with one attached hydrogen (secondary N) is 3. The topological polar surface area (TPSA) is 56.9 Å². The van der Waals surface area contributed by atoms with E-state index in [-0.39, 0.29) is 6.03 Å². The molecule has 1 heterocycles. The molecule has 0 unspecified atom stereocenters. The molecule has 4 nitrogen and oxygen atoms in total. The normalized spacial score (nSPS) is 10.7. The van der Waals surface area contributed by atoms with E-state index in [9.17, 15) is 4.79 Å². The summed E-state index contributed by atoms with van der Waals surface area (Å²) in [4.78, 5) is 15.4. The van der Waals surface area contributed by atoms with Gasteiger partial charge in [-0.3, -0.25) is 0 Å². The molecule has 0 spiro atoms. The first-order valence-corrected chi connectivity index (χ1v) is 7.40. The van der Waals surface area contributed by atoms with Gasteiger partial charge in [-0.05, 0) is 43.3 Å². The molecule has 0 atom stereocenters. The highest BCUT2D eigenvalue weighted by molar-refractivity contribution is 6.42. The molecule has 2 amide bonds. The Hall–Kier alpha value is -2.17. The van der Waals surface area contributed by atoms with E-state index >= 15 is 0 Å². The molecule has 0 aliphatic heterocycles. The van der Waals surface area contributed by atoms with Crippen LogP contribution in [0.25, 0.3) is 10.9 Å². The molecular weight excluding hydrogens is 321 g/mol. The van der Waals surface area contributed by atoms with Crippen molar-refractivity contribution >= 4 is 51.5 Å². The Kier molecular flexibility index (Phi) is 3.96. The van der Waals surface area contributed by atoms with Crippen molar-refractivity contribution in [2.24, 2.45) is 0 Å². The van der Waals surface area contributed by atoms with Gasteiger partial charge in [-0.25, -0.2) is 4.79 Å². The highest BCUT2D eigenvalue weighted by atomic mass is 35.5. The fourth-order valence-corrected chi connectivity index (χ4v) is 2.56. The summed E-state index contributed by atoms with van der Waals surface area (Å²) in [5.41, 5.74) is 3.32. The van der Waals surface area contributed by atoms with Gasteiger partial charge in [0.1, 0.15) is 0 Å². The van der Waals surface area contributed by atoms with E-state index in [2.05, 4.69) is 15.6 Å². The van der Waals surface area contributed by atoms with E-state index in [0.717, 1.165) is 22.3 Å². The first-order valence-electron chi connectivity index (χ1n) is 6.64. The summed E-state index contributed by atoms with van der Waals surface area (Å²) >= 11 is 11.8. The maximum Gasteiger partial charge on any atom is 0.323 e. The molecular formula is C16H13Cl2N3O. The Morgan fingerprint density at radius 2 is 1.86 bits per heavy atom. The van der Waals surface area contributed by atoms with E-state index in [1.54, 1.807) is 18.2 Å². The predicted molar refractivity (Wildman–Crippen MR) is 92.1 cm³/mol. The van der Waals surface area contributed by atoms with Crippen molar-refractivity contribution in [2.45, 2.75) is 6.92 Å². The van der Waals surface area contributed by atoms with Crippen molar-refractivity contribution in [3.8, 4) is 0 Å². The first-order chi connectivity index (χ1) is 10.5. The van der Waals surface area contributed by atoms with Crippen LogP contribution in [0, 0.1) is 6.92 Å². The van der Waals surface area contributed by atoms with Gasteiger partial charge in [0.2, 0.25) is 0 Å². The smallest absolute Gasteiger partial charge is 0.323 e. The van der Waals surface area contributed by atoms with Crippen LogP contribution in [0.4, 0.5) is 16.2 Å². The summed E-state index contributed by atoms with van der Waals surface area (Å²) < 4.78 is 0. The van der Waals surface area contributed by atoms with Crippen molar-refractivity contribution in [3.05, 3.63) is 58.2 Å². The van der Waals surface area contributed by atoms with Crippen LogP contribution in [0.15, 0.2) is 42.5 Å². The molecule has 6 heteroatoms. The molecule has 3 rings (SSSR count).